The highest BCUT2D eigenvalue weighted by atomic mass is 35.5. The lowest BCUT2D eigenvalue weighted by Crippen LogP contribution is -2.35. The molecule has 6 nitrogen and oxygen atoms in total. The second-order valence-corrected chi connectivity index (χ2v) is 7.54. The fraction of sp³-hybridized carbons (Fsp3) is 0.316. The minimum absolute atomic E-state index is 0.0406. The molecule has 7 heteroatoms. The molecule has 2 atom stereocenters. The van der Waals surface area contributed by atoms with Crippen LogP contribution in [0.1, 0.15) is 25.2 Å². The van der Waals surface area contributed by atoms with Crippen LogP contribution < -0.4 is 4.90 Å². The summed E-state index contributed by atoms with van der Waals surface area (Å²) in [5, 5.41) is 7.94. The van der Waals surface area contributed by atoms with Gasteiger partial charge < -0.3 is 4.90 Å². The zero-order valence-corrected chi connectivity index (χ0v) is 15.5. The van der Waals surface area contributed by atoms with Crippen LogP contribution in [-0.2, 0) is 4.79 Å². The Bertz CT molecular complexity index is 935. The van der Waals surface area contributed by atoms with Gasteiger partial charge in [0.15, 0.2) is 5.15 Å². The van der Waals surface area contributed by atoms with Crippen LogP contribution in [0.3, 0.4) is 0 Å². The SMILES string of the molecule is Cc1ncc(C2=CC3C(C=C2)C(C)(C)C(=O)N3c2cnnc(Cl)c2)cn1. The van der Waals surface area contributed by atoms with Crippen molar-refractivity contribution in [2.24, 2.45) is 11.3 Å². The number of anilines is 1. The van der Waals surface area contributed by atoms with Crippen LogP contribution in [0.5, 0.6) is 0 Å². The molecule has 0 spiro atoms. The second kappa shape index (κ2) is 5.99. The summed E-state index contributed by atoms with van der Waals surface area (Å²) in [7, 11) is 0. The molecule has 0 N–H and O–H groups in total. The van der Waals surface area contributed by atoms with E-state index in [0.29, 0.717) is 5.69 Å². The molecule has 132 valence electrons. The number of hydrogen-bond acceptors (Lipinski definition) is 5. The van der Waals surface area contributed by atoms with Gasteiger partial charge in [-0.3, -0.25) is 4.79 Å². The van der Waals surface area contributed by atoms with Gasteiger partial charge in [0.1, 0.15) is 5.82 Å². The molecule has 4 rings (SSSR count). The van der Waals surface area contributed by atoms with Crippen molar-refractivity contribution in [2.75, 3.05) is 4.90 Å². The predicted molar refractivity (Wildman–Crippen MR) is 99.5 cm³/mol. The molecule has 1 amide bonds. The lowest BCUT2D eigenvalue weighted by molar-refractivity contribution is -0.124. The average Bonchev–Trinajstić information content (AvgIpc) is 2.81. The van der Waals surface area contributed by atoms with Gasteiger partial charge in [0.25, 0.3) is 0 Å². The molecular formula is C19H18ClN5O. The molecule has 0 saturated carbocycles. The van der Waals surface area contributed by atoms with Crippen LogP contribution in [0.25, 0.3) is 5.57 Å². The van der Waals surface area contributed by atoms with E-state index < -0.39 is 5.41 Å². The zero-order valence-electron chi connectivity index (χ0n) is 14.7. The molecule has 1 aliphatic carbocycles. The van der Waals surface area contributed by atoms with E-state index in [4.69, 9.17) is 11.6 Å². The lowest BCUT2D eigenvalue weighted by Gasteiger charge is -2.28. The summed E-state index contributed by atoms with van der Waals surface area (Å²) in [5.41, 5.74) is 2.05. The Morgan fingerprint density at radius 1 is 1.19 bits per heavy atom. The summed E-state index contributed by atoms with van der Waals surface area (Å²) in [6.45, 7) is 5.80. The first-order valence-electron chi connectivity index (χ1n) is 8.39. The minimum Gasteiger partial charge on any atom is -0.303 e. The molecule has 0 aromatic carbocycles. The quantitative estimate of drug-likeness (QED) is 0.814. The Morgan fingerprint density at radius 2 is 1.92 bits per heavy atom. The maximum Gasteiger partial charge on any atom is 0.233 e. The van der Waals surface area contributed by atoms with E-state index in [1.807, 2.05) is 26.8 Å². The molecule has 1 saturated heterocycles. The van der Waals surface area contributed by atoms with Crippen molar-refractivity contribution >= 4 is 28.8 Å². The van der Waals surface area contributed by atoms with Gasteiger partial charge in [-0.1, -0.05) is 43.7 Å². The van der Waals surface area contributed by atoms with E-state index in [1.165, 1.54) is 0 Å². The number of carbonyl (C=O) groups excluding carboxylic acids is 1. The first-order chi connectivity index (χ1) is 12.4. The summed E-state index contributed by atoms with van der Waals surface area (Å²) in [6.07, 6.45) is 11.4. The number of hydrogen-bond donors (Lipinski definition) is 0. The fourth-order valence-electron chi connectivity index (χ4n) is 3.64. The van der Waals surface area contributed by atoms with E-state index in [0.717, 1.165) is 17.0 Å². The molecule has 2 aliphatic rings. The van der Waals surface area contributed by atoms with Crippen LogP contribution >= 0.6 is 11.6 Å². The van der Waals surface area contributed by atoms with E-state index in [9.17, 15) is 4.79 Å². The zero-order chi connectivity index (χ0) is 18.5. The van der Waals surface area contributed by atoms with Crippen molar-refractivity contribution in [3.05, 3.63) is 59.4 Å². The van der Waals surface area contributed by atoms with Gasteiger partial charge >= 0.3 is 0 Å². The Kier molecular flexibility index (Phi) is 3.88. The first-order valence-corrected chi connectivity index (χ1v) is 8.76. The highest BCUT2D eigenvalue weighted by Gasteiger charge is 2.53. The molecular weight excluding hydrogens is 350 g/mol. The highest BCUT2D eigenvalue weighted by Crippen LogP contribution is 2.47. The van der Waals surface area contributed by atoms with Crippen LogP contribution in [0.2, 0.25) is 5.15 Å². The summed E-state index contributed by atoms with van der Waals surface area (Å²) in [5.74, 6) is 0.819. The molecule has 2 aromatic rings. The Morgan fingerprint density at radius 3 is 2.62 bits per heavy atom. The van der Waals surface area contributed by atoms with Gasteiger partial charge in [-0.05, 0) is 12.5 Å². The summed E-state index contributed by atoms with van der Waals surface area (Å²) in [6, 6.07) is 1.55. The van der Waals surface area contributed by atoms with Crippen molar-refractivity contribution in [3.8, 4) is 0 Å². The van der Waals surface area contributed by atoms with Gasteiger partial charge in [-0.2, -0.15) is 5.10 Å². The van der Waals surface area contributed by atoms with Crippen molar-refractivity contribution in [1.29, 1.82) is 0 Å². The molecule has 1 fully saturated rings. The Balaban J connectivity index is 1.79. The lowest BCUT2D eigenvalue weighted by atomic mass is 9.75. The van der Waals surface area contributed by atoms with Crippen molar-refractivity contribution in [1.82, 2.24) is 20.2 Å². The number of rotatable bonds is 2. The third-order valence-corrected chi connectivity index (χ3v) is 5.29. The van der Waals surface area contributed by atoms with Gasteiger partial charge in [-0.25, -0.2) is 9.97 Å². The largest absolute Gasteiger partial charge is 0.303 e. The smallest absolute Gasteiger partial charge is 0.233 e. The summed E-state index contributed by atoms with van der Waals surface area (Å²) in [4.78, 5) is 23.4. The van der Waals surface area contributed by atoms with Gasteiger partial charge in [-0.15, -0.1) is 5.10 Å². The molecule has 0 radical (unpaired) electrons. The van der Waals surface area contributed by atoms with Gasteiger partial charge in [0.05, 0.1) is 23.3 Å². The third kappa shape index (κ3) is 2.61. The number of nitrogens with zero attached hydrogens (tertiary/aromatic N) is 5. The van der Waals surface area contributed by atoms with Crippen LogP contribution in [0.15, 0.2) is 42.9 Å². The molecule has 26 heavy (non-hydrogen) atoms. The fourth-order valence-corrected chi connectivity index (χ4v) is 3.80. The molecule has 2 aromatic heterocycles. The van der Waals surface area contributed by atoms with Crippen molar-refractivity contribution < 1.29 is 4.79 Å². The summed E-state index contributed by atoms with van der Waals surface area (Å²) >= 11 is 6.00. The predicted octanol–water partition coefficient (Wildman–Crippen LogP) is 3.24. The molecule has 2 unspecified atom stereocenters. The van der Waals surface area contributed by atoms with Crippen LogP contribution in [-0.4, -0.2) is 32.1 Å². The molecule has 0 bridgehead atoms. The third-order valence-electron chi connectivity index (χ3n) is 5.11. The van der Waals surface area contributed by atoms with Crippen molar-refractivity contribution in [3.63, 3.8) is 0 Å². The number of allylic oxidation sites excluding steroid dienone is 2. The Labute approximate surface area is 156 Å². The minimum atomic E-state index is -0.525. The Hall–Kier alpha value is -2.60. The van der Waals surface area contributed by atoms with E-state index in [-0.39, 0.29) is 23.0 Å². The van der Waals surface area contributed by atoms with Crippen molar-refractivity contribution in [2.45, 2.75) is 26.8 Å². The first kappa shape index (κ1) is 16.8. The number of fused-ring (bicyclic) bond motifs is 1. The van der Waals surface area contributed by atoms with Crippen LogP contribution in [0, 0.1) is 18.3 Å². The van der Waals surface area contributed by atoms with Gasteiger partial charge in [0.2, 0.25) is 5.91 Å². The number of aromatic nitrogens is 4. The topological polar surface area (TPSA) is 71.9 Å². The normalized spacial score (nSPS) is 23.8. The number of carbonyl (C=O) groups is 1. The molecule has 1 aliphatic heterocycles. The standard InChI is InChI=1S/C19H18ClN5O/c1-11-21-8-13(9-22-11)12-4-5-15-16(6-12)25(18(26)19(15,2)3)14-7-17(20)24-23-10-14/h4-10,15-16H,1-3H3. The van der Waals surface area contributed by atoms with Gasteiger partial charge in [0, 0.05) is 29.9 Å². The number of halogens is 1. The number of amides is 1. The van der Waals surface area contributed by atoms with E-state index in [2.05, 4.69) is 32.3 Å². The average molecular weight is 368 g/mol. The second-order valence-electron chi connectivity index (χ2n) is 7.15. The monoisotopic (exact) mass is 367 g/mol. The van der Waals surface area contributed by atoms with E-state index >= 15 is 0 Å². The van der Waals surface area contributed by atoms with E-state index in [1.54, 1.807) is 29.6 Å². The number of aryl methyl sites for hydroxylation is 1. The molecule has 3 heterocycles. The van der Waals surface area contributed by atoms with Crippen LogP contribution in [0.4, 0.5) is 5.69 Å². The maximum absolute atomic E-state index is 13.1. The summed E-state index contributed by atoms with van der Waals surface area (Å²) < 4.78 is 0. The maximum atomic E-state index is 13.1. The highest BCUT2D eigenvalue weighted by molar-refractivity contribution is 6.29.